The molecule has 4 nitrogen and oxygen atoms in total. The van der Waals surface area contributed by atoms with E-state index in [0.29, 0.717) is 6.54 Å². The van der Waals surface area contributed by atoms with Crippen LogP contribution in [0.3, 0.4) is 0 Å². The van der Waals surface area contributed by atoms with Crippen LogP contribution in [0.4, 0.5) is 5.82 Å². The summed E-state index contributed by atoms with van der Waals surface area (Å²) >= 11 is 1.69. The zero-order valence-corrected chi connectivity index (χ0v) is 12.4. The van der Waals surface area contributed by atoms with Gasteiger partial charge < -0.3 is 10.4 Å². The Kier molecular flexibility index (Phi) is 4.33. The minimum absolute atomic E-state index is 0.0725. The SMILES string of the molecule is OCCn1nc(-c2ccccc2)cc1NCc1ccsc1. The van der Waals surface area contributed by atoms with E-state index in [1.54, 1.807) is 11.3 Å². The van der Waals surface area contributed by atoms with Gasteiger partial charge in [0.25, 0.3) is 0 Å². The number of hydrogen-bond donors (Lipinski definition) is 2. The van der Waals surface area contributed by atoms with Gasteiger partial charge in [0.15, 0.2) is 0 Å². The van der Waals surface area contributed by atoms with Gasteiger partial charge in [-0.2, -0.15) is 16.4 Å². The molecule has 108 valence electrons. The largest absolute Gasteiger partial charge is 0.394 e. The zero-order chi connectivity index (χ0) is 14.5. The topological polar surface area (TPSA) is 50.1 Å². The van der Waals surface area contributed by atoms with Crippen LogP contribution in [0.1, 0.15) is 5.56 Å². The van der Waals surface area contributed by atoms with E-state index >= 15 is 0 Å². The first-order valence-electron chi connectivity index (χ1n) is 6.86. The molecule has 0 saturated heterocycles. The molecule has 1 aromatic carbocycles. The normalized spacial score (nSPS) is 10.7. The van der Waals surface area contributed by atoms with Gasteiger partial charge in [0.1, 0.15) is 5.82 Å². The first-order chi connectivity index (χ1) is 10.4. The predicted octanol–water partition coefficient (Wildman–Crippen LogP) is 3.22. The van der Waals surface area contributed by atoms with Gasteiger partial charge >= 0.3 is 0 Å². The highest BCUT2D eigenvalue weighted by Gasteiger charge is 2.09. The molecule has 3 rings (SSSR count). The highest BCUT2D eigenvalue weighted by Crippen LogP contribution is 2.22. The molecule has 0 unspecified atom stereocenters. The molecule has 0 amide bonds. The molecule has 2 heterocycles. The number of nitrogens with zero attached hydrogens (tertiary/aromatic N) is 2. The lowest BCUT2D eigenvalue weighted by Crippen LogP contribution is -2.09. The molecule has 2 N–H and O–H groups in total. The lowest BCUT2D eigenvalue weighted by Gasteiger charge is -2.07. The van der Waals surface area contributed by atoms with E-state index in [-0.39, 0.29) is 6.61 Å². The van der Waals surface area contributed by atoms with E-state index in [4.69, 9.17) is 0 Å². The minimum atomic E-state index is 0.0725. The van der Waals surface area contributed by atoms with Crippen molar-refractivity contribution in [2.75, 3.05) is 11.9 Å². The van der Waals surface area contributed by atoms with Crippen LogP contribution < -0.4 is 5.32 Å². The average Bonchev–Trinajstić information content (AvgIpc) is 3.16. The lowest BCUT2D eigenvalue weighted by atomic mass is 10.1. The summed E-state index contributed by atoms with van der Waals surface area (Å²) < 4.78 is 1.81. The molecule has 21 heavy (non-hydrogen) atoms. The van der Waals surface area contributed by atoms with Crippen LogP contribution in [-0.2, 0) is 13.1 Å². The molecule has 2 aromatic heterocycles. The van der Waals surface area contributed by atoms with Crippen molar-refractivity contribution < 1.29 is 5.11 Å². The molecule has 0 aliphatic rings. The Morgan fingerprint density at radius 3 is 2.76 bits per heavy atom. The number of aromatic nitrogens is 2. The molecule has 0 bridgehead atoms. The Labute approximate surface area is 127 Å². The van der Waals surface area contributed by atoms with Crippen molar-refractivity contribution in [1.29, 1.82) is 0 Å². The van der Waals surface area contributed by atoms with Gasteiger partial charge in [-0.25, -0.2) is 4.68 Å². The van der Waals surface area contributed by atoms with Crippen molar-refractivity contribution in [3.05, 3.63) is 58.8 Å². The maximum absolute atomic E-state index is 9.19. The second kappa shape index (κ2) is 6.56. The fraction of sp³-hybridized carbons (Fsp3) is 0.188. The van der Waals surface area contributed by atoms with Crippen LogP contribution in [0.2, 0.25) is 0 Å². The molecule has 0 fully saturated rings. The van der Waals surface area contributed by atoms with Crippen molar-refractivity contribution >= 4 is 17.2 Å². The number of aliphatic hydroxyl groups is 1. The van der Waals surface area contributed by atoms with Crippen molar-refractivity contribution in [2.24, 2.45) is 0 Å². The first-order valence-corrected chi connectivity index (χ1v) is 7.80. The predicted molar refractivity (Wildman–Crippen MR) is 86.4 cm³/mol. The van der Waals surface area contributed by atoms with Crippen molar-refractivity contribution in [1.82, 2.24) is 9.78 Å². The number of nitrogens with one attached hydrogen (secondary N) is 1. The van der Waals surface area contributed by atoms with Crippen molar-refractivity contribution in [3.8, 4) is 11.3 Å². The number of aliphatic hydroxyl groups excluding tert-OH is 1. The van der Waals surface area contributed by atoms with Crippen LogP contribution in [0.5, 0.6) is 0 Å². The van der Waals surface area contributed by atoms with Gasteiger partial charge in [-0.1, -0.05) is 30.3 Å². The summed E-state index contributed by atoms with van der Waals surface area (Å²) in [6, 6.07) is 14.2. The molecular formula is C16H17N3OS. The third-order valence-electron chi connectivity index (χ3n) is 3.22. The van der Waals surface area contributed by atoms with E-state index in [0.717, 1.165) is 23.6 Å². The van der Waals surface area contributed by atoms with Crippen LogP contribution in [0, 0.1) is 0 Å². The van der Waals surface area contributed by atoms with Crippen LogP contribution in [-0.4, -0.2) is 21.5 Å². The van der Waals surface area contributed by atoms with Gasteiger partial charge in [-0.05, 0) is 22.4 Å². The van der Waals surface area contributed by atoms with Crippen molar-refractivity contribution in [3.63, 3.8) is 0 Å². The van der Waals surface area contributed by atoms with E-state index in [9.17, 15) is 5.11 Å². The second-order valence-electron chi connectivity index (χ2n) is 4.71. The number of rotatable bonds is 6. The fourth-order valence-electron chi connectivity index (χ4n) is 2.16. The minimum Gasteiger partial charge on any atom is -0.394 e. The Morgan fingerprint density at radius 1 is 1.19 bits per heavy atom. The van der Waals surface area contributed by atoms with E-state index in [2.05, 4.69) is 27.2 Å². The highest BCUT2D eigenvalue weighted by atomic mass is 32.1. The van der Waals surface area contributed by atoms with Gasteiger partial charge in [0, 0.05) is 18.2 Å². The fourth-order valence-corrected chi connectivity index (χ4v) is 2.83. The summed E-state index contributed by atoms with van der Waals surface area (Å²) in [5.41, 5.74) is 3.24. The summed E-state index contributed by atoms with van der Waals surface area (Å²) in [7, 11) is 0. The third kappa shape index (κ3) is 3.32. The molecule has 0 saturated carbocycles. The Bertz CT molecular complexity index is 677. The summed E-state index contributed by atoms with van der Waals surface area (Å²) in [6.45, 7) is 1.32. The number of hydrogen-bond acceptors (Lipinski definition) is 4. The maximum atomic E-state index is 9.19. The summed E-state index contributed by atoms with van der Waals surface area (Å²) in [4.78, 5) is 0. The van der Waals surface area contributed by atoms with Gasteiger partial charge in [0.2, 0.25) is 0 Å². The molecule has 3 aromatic rings. The summed E-state index contributed by atoms with van der Waals surface area (Å²) in [6.07, 6.45) is 0. The van der Waals surface area contributed by atoms with Crippen LogP contribution >= 0.6 is 11.3 Å². The molecule has 0 spiro atoms. The first kappa shape index (κ1) is 13.9. The molecule has 0 atom stereocenters. The zero-order valence-electron chi connectivity index (χ0n) is 11.6. The lowest BCUT2D eigenvalue weighted by molar-refractivity contribution is 0.270. The van der Waals surface area contributed by atoms with Gasteiger partial charge in [-0.3, -0.25) is 0 Å². The maximum Gasteiger partial charge on any atom is 0.125 e. The monoisotopic (exact) mass is 299 g/mol. The molecular weight excluding hydrogens is 282 g/mol. The van der Waals surface area contributed by atoms with E-state index in [1.807, 2.05) is 41.1 Å². The average molecular weight is 299 g/mol. The quantitative estimate of drug-likeness (QED) is 0.735. The van der Waals surface area contributed by atoms with Crippen LogP contribution in [0.15, 0.2) is 53.2 Å². The summed E-state index contributed by atoms with van der Waals surface area (Å²) in [5, 5.41) is 21.3. The standard InChI is InChI=1S/C16H17N3OS/c20-8-7-19-16(17-11-13-6-9-21-12-13)10-15(18-19)14-4-2-1-3-5-14/h1-6,9-10,12,17,20H,7-8,11H2. The second-order valence-corrected chi connectivity index (χ2v) is 5.49. The summed E-state index contributed by atoms with van der Waals surface area (Å²) in [5.74, 6) is 0.925. The molecule has 0 aliphatic carbocycles. The Balaban J connectivity index is 1.82. The van der Waals surface area contributed by atoms with Gasteiger partial charge in [-0.15, -0.1) is 0 Å². The molecule has 0 radical (unpaired) electrons. The van der Waals surface area contributed by atoms with E-state index in [1.165, 1.54) is 5.56 Å². The molecule has 5 heteroatoms. The number of thiophene rings is 1. The van der Waals surface area contributed by atoms with Gasteiger partial charge in [0.05, 0.1) is 18.8 Å². The van der Waals surface area contributed by atoms with E-state index < -0.39 is 0 Å². The Morgan fingerprint density at radius 2 is 2.05 bits per heavy atom. The number of anilines is 1. The van der Waals surface area contributed by atoms with Crippen molar-refractivity contribution in [2.45, 2.75) is 13.1 Å². The molecule has 0 aliphatic heterocycles. The Hall–Kier alpha value is -2.11. The third-order valence-corrected chi connectivity index (χ3v) is 3.95. The number of benzene rings is 1. The highest BCUT2D eigenvalue weighted by molar-refractivity contribution is 7.07. The smallest absolute Gasteiger partial charge is 0.125 e. The van der Waals surface area contributed by atoms with Crippen LogP contribution in [0.25, 0.3) is 11.3 Å².